The molecule has 1 saturated heterocycles. The van der Waals surface area contributed by atoms with Crippen LogP contribution in [0.15, 0.2) is 24.3 Å². The molecule has 1 aliphatic heterocycles. The van der Waals surface area contributed by atoms with E-state index >= 15 is 0 Å². The van der Waals surface area contributed by atoms with E-state index in [4.69, 9.17) is 9.47 Å². The van der Waals surface area contributed by atoms with Crippen LogP contribution in [0.4, 0.5) is 4.79 Å². The zero-order valence-corrected chi connectivity index (χ0v) is 15.5. The van der Waals surface area contributed by atoms with Crippen LogP contribution in [0, 0.1) is 5.92 Å². The second kappa shape index (κ2) is 7.02. The van der Waals surface area contributed by atoms with Crippen molar-refractivity contribution in [1.29, 1.82) is 0 Å². The number of hydrogen-bond acceptors (Lipinski definition) is 6. The number of benzene rings is 1. The normalized spacial score (nSPS) is 23.0. The summed E-state index contributed by atoms with van der Waals surface area (Å²) in [6, 6.07) is 5.80. The van der Waals surface area contributed by atoms with Crippen LogP contribution in [0.25, 0.3) is 0 Å². The summed E-state index contributed by atoms with van der Waals surface area (Å²) in [5, 5.41) is 2.66. The van der Waals surface area contributed by atoms with Crippen molar-refractivity contribution < 1.29 is 28.7 Å². The molecule has 0 aromatic heterocycles. The standard InChI is InChI=1S/C19H22N2O6/c1-11(16(23)12-4-8-14(26-3)9-5-12)27-15(22)10-21-17(24)19(2,13-6-7-13)20-18(21)25/h4-5,8-9,11,13H,6-7,10H2,1-3H3,(H,20,25)/t11-,19-/m0/s1. The number of ether oxygens (including phenoxy) is 2. The molecule has 1 N–H and O–H groups in total. The highest BCUT2D eigenvalue weighted by atomic mass is 16.5. The molecule has 8 nitrogen and oxygen atoms in total. The van der Waals surface area contributed by atoms with Gasteiger partial charge in [-0.1, -0.05) is 0 Å². The highest BCUT2D eigenvalue weighted by Gasteiger charge is 2.56. The second-order valence-corrected chi connectivity index (χ2v) is 7.02. The fourth-order valence-corrected chi connectivity index (χ4v) is 3.20. The van der Waals surface area contributed by atoms with Crippen LogP contribution in [-0.4, -0.2) is 53.9 Å². The lowest BCUT2D eigenvalue weighted by Crippen LogP contribution is -2.46. The zero-order chi connectivity index (χ0) is 19.8. The number of hydrogen-bond donors (Lipinski definition) is 1. The lowest BCUT2D eigenvalue weighted by Gasteiger charge is -2.21. The minimum Gasteiger partial charge on any atom is -0.497 e. The van der Waals surface area contributed by atoms with Crippen LogP contribution >= 0.6 is 0 Å². The summed E-state index contributed by atoms with van der Waals surface area (Å²) >= 11 is 0. The molecule has 3 rings (SSSR count). The van der Waals surface area contributed by atoms with Gasteiger partial charge >= 0.3 is 12.0 Å². The first kappa shape index (κ1) is 18.9. The van der Waals surface area contributed by atoms with Crippen molar-refractivity contribution in [3.63, 3.8) is 0 Å². The van der Waals surface area contributed by atoms with Crippen molar-refractivity contribution in [3.05, 3.63) is 29.8 Å². The number of esters is 1. The van der Waals surface area contributed by atoms with Gasteiger partial charge in [0.25, 0.3) is 5.91 Å². The van der Waals surface area contributed by atoms with Gasteiger partial charge in [0, 0.05) is 5.56 Å². The van der Waals surface area contributed by atoms with Crippen molar-refractivity contribution in [2.24, 2.45) is 5.92 Å². The Morgan fingerprint density at radius 1 is 1.26 bits per heavy atom. The van der Waals surface area contributed by atoms with Crippen molar-refractivity contribution in [3.8, 4) is 5.75 Å². The predicted molar refractivity (Wildman–Crippen MR) is 94.3 cm³/mol. The van der Waals surface area contributed by atoms with Crippen LogP contribution < -0.4 is 10.1 Å². The topological polar surface area (TPSA) is 102 Å². The number of urea groups is 1. The summed E-state index contributed by atoms with van der Waals surface area (Å²) in [6.07, 6.45) is 0.698. The molecule has 1 aliphatic carbocycles. The molecule has 27 heavy (non-hydrogen) atoms. The molecule has 0 unspecified atom stereocenters. The number of amides is 3. The Labute approximate surface area is 156 Å². The smallest absolute Gasteiger partial charge is 0.326 e. The predicted octanol–water partition coefficient (Wildman–Crippen LogP) is 1.53. The molecular formula is C19H22N2O6. The number of carbonyl (C=O) groups excluding carboxylic acids is 4. The lowest BCUT2D eigenvalue weighted by molar-refractivity contribution is -0.150. The van der Waals surface area contributed by atoms with Gasteiger partial charge in [-0.15, -0.1) is 0 Å². The average molecular weight is 374 g/mol. The monoisotopic (exact) mass is 374 g/mol. The molecule has 0 spiro atoms. The Hall–Kier alpha value is -2.90. The summed E-state index contributed by atoms with van der Waals surface area (Å²) in [7, 11) is 1.52. The van der Waals surface area contributed by atoms with Crippen molar-refractivity contribution in [2.75, 3.05) is 13.7 Å². The highest BCUT2D eigenvalue weighted by molar-refractivity contribution is 6.09. The first-order chi connectivity index (χ1) is 12.8. The first-order valence-corrected chi connectivity index (χ1v) is 8.78. The second-order valence-electron chi connectivity index (χ2n) is 7.02. The van der Waals surface area contributed by atoms with Crippen LogP contribution in [0.5, 0.6) is 5.75 Å². The van der Waals surface area contributed by atoms with E-state index in [9.17, 15) is 19.2 Å². The molecule has 1 heterocycles. The third-order valence-electron chi connectivity index (χ3n) is 5.03. The SMILES string of the molecule is COc1ccc(C(=O)[C@H](C)OC(=O)CN2C(=O)N[C@@](C)(C3CC3)C2=O)cc1. The molecule has 8 heteroatoms. The van der Waals surface area contributed by atoms with E-state index in [1.807, 2.05) is 0 Å². The molecule has 1 aromatic carbocycles. The Kier molecular flexibility index (Phi) is 4.91. The van der Waals surface area contributed by atoms with Crippen LogP contribution in [0.1, 0.15) is 37.0 Å². The van der Waals surface area contributed by atoms with E-state index in [1.165, 1.54) is 14.0 Å². The zero-order valence-electron chi connectivity index (χ0n) is 15.5. The largest absolute Gasteiger partial charge is 0.497 e. The van der Waals surface area contributed by atoms with Crippen molar-refractivity contribution in [1.82, 2.24) is 10.2 Å². The van der Waals surface area contributed by atoms with Gasteiger partial charge in [-0.3, -0.25) is 19.3 Å². The molecule has 144 valence electrons. The fraction of sp³-hybridized carbons (Fsp3) is 0.474. The van der Waals surface area contributed by atoms with Crippen LogP contribution in [-0.2, 0) is 14.3 Å². The van der Waals surface area contributed by atoms with E-state index in [0.717, 1.165) is 17.7 Å². The van der Waals surface area contributed by atoms with E-state index in [1.54, 1.807) is 31.2 Å². The van der Waals surface area contributed by atoms with Gasteiger partial charge < -0.3 is 14.8 Å². The number of nitrogens with zero attached hydrogens (tertiary/aromatic N) is 1. The minimum absolute atomic E-state index is 0.102. The first-order valence-electron chi connectivity index (χ1n) is 8.78. The number of imide groups is 1. The van der Waals surface area contributed by atoms with Crippen molar-refractivity contribution in [2.45, 2.75) is 38.3 Å². The van der Waals surface area contributed by atoms with Crippen LogP contribution in [0.3, 0.4) is 0 Å². The Bertz CT molecular complexity index is 786. The van der Waals surface area contributed by atoms with Gasteiger partial charge in [-0.2, -0.15) is 0 Å². The Morgan fingerprint density at radius 2 is 1.89 bits per heavy atom. The number of carbonyl (C=O) groups is 4. The Balaban J connectivity index is 1.59. The van der Waals surface area contributed by atoms with Gasteiger partial charge in [-0.25, -0.2) is 4.79 Å². The van der Waals surface area contributed by atoms with E-state index < -0.39 is 36.1 Å². The summed E-state index contributed by atoms with van der Waals surface area (Å²) in [6.45, 7) is 2.60. The molecule has 2 aliphatic rings. The molecule has 0 radical (unpaired) electrons. The number of rotatable bonds is 7. The molecule has 1 saturated carbocycles. The minimum atomic E-state index is -1.04. The van der Waals surface area contributed by atoms with E-state index in [2.05, 4.69) is 5.32 Å². The summed E-state index contributed by atoms with van der Waals surface area (Å²) in [5.74, 6) is -0.918. The van der Waals surface area contributed by atoms with Gasteiger partial charge in [0.05, 0.1) is 7.11 Å². The molecule has 1 aromatic rings. The molecular weight excluding hydrogens is 352 g/mol. The molecule has 2 atom stereocenters. The number of nitrogens with one attached hydrogen (secondary N) is 1. The van der Waals surface area contributed by atoms with E-state index in [0.29, 0.717) is 11.3 Å². The summed E-state index contributed by atoms with van der Waals surface area (Å²) in [4.78, 5) is 50.0. The highest BCUT2D eigenvalue weighted by Crippen LogP contribution is 2.42. The number of Topliss-reactive ketones (excluding diaryl/α,β-unsaturated/α-hetero) is 1. The number of methoxy groups -OCH3 is 1. The fourth-order valence-electron chi connectivity index (χ4n) is 3.20. The third kappa shape index (κ3) is 3.65. The number of ketones is 1. The third-order valence-corrected chi connectivity index (χ3v) is 5.03. The van der Waals surface area contributed by atoms with Gasteiger partial charge in [-0.05, 0) is 56.9 Å². The van der Waals surface area contributed by atoms with Gasteiger partial charge in [0.15, 0.2) is 6.10 Å². The van der Waals surface area contributed by atoms with Crippen molar-refractivity contribution >= 4 is 23.7 Å². The van der Waals surface area contributed by atoms with Gasteiger partial charge in [0.1, 0.15) is 17.8 Å². The maximum absolute atomic E-state index is 12.5. The molecule has 2 fully saturated rings. The lowest BCUT2D eigenvalue weighted by atomic mass is 9.96. The molecule has 3 amide bonds. The summed E-state index contributed by atoms with van der Waals surface area (Å²) in [5.41, 5.74) is -0.588. The molecule has 0 bridgehead atoms. The van der Waals surface area contributed by atoms with Crippen LogP contribution in [0.2, 0.25) is 0 Å². The van der Waals surface area contributed by atoms with Gasteiger partial charge in [0.2, 0.25) is 5.78 Å². The quantitative estimate of drug-likeness (QED) is 0.441. The Morgan fingerprint density at radius 3 is 2.44 bits per heavy atom. The average Bonchev–Trinajstić information content (AvgIpc) is 3.47. The van der Waals surface area contributed by atoms with E-state index in [-0.39, 0.29) is 11.7 Å². The maximum atomic E-state index is 12.5. The summed E-state index contributed by atoms with van der Waals surface area (Å²) < 4.78 is 10.2. The maximum Gasteiger partial charge on any atom is 0.326 e.